The van der Waals surface area contributed by atoms with Crippen LogP contribution in [0.25, 0.3) is 10.9 Å². The van der Waals surface area contributed by atoms with Crippen LogP contribution in [0.4, 0.5) is 5.82 Å². The van der Waals surface area contributed by atoms with E-state index in [-0.39, 0.29) is 24.8 Å². The Morgan fingerprint density at radius 1 is 1.27 bits per heavy atom. The van der Waals surface area contributed by atoms with Crippen molar-refractivity contribution in [1.82, 2.24) is 9.97 Å². The molecule has 136 valence electrons. The molecule has 1 unspecified atom stereocenters. The Balaban J connectivity index is 0.000000613. The average molecular weight is 357 g/mol. The summed E-state index contributed by atoms with van der Waals surface area (Å²) in [5.41, 5.74) is 0.0354. The first-order valence-corrected chi connectivity index (χ1v) is 8.40. The molecule has 1 spiro atoms. The SMILES string of the molecule is O=C1CC(C(=O)Nc2nccc3cccnc23)C2(CCCC2)O1.O=CO. The van der Waals surface area contributed by atoms with Crippen molar-refractivity contribution in [1.29, 1.82) is 0 Å². The number of rotatable bonds is 2. The summed E-state index contributed by atoms with van der Waals surface area (Å²) in [5, 5.41) is 10.7. The van der Waals surface area contributed by atoms with E-state index < -0.39 is 11.5 Å². The predicted molar refractivity (Wildman–Crippen MR) is 92.3 cm³/mol. The zero-order valence-electron chi connectivity index (χ0n) is 14.1. The predicted octanol–water partition coefficient (Wildman–Crippen LogP) is 2.15. The van der Waals surface area contributed by atoms with Crippen molar-refractivity contribution in [3.8, 4) is 0 Å². The van der Waals surface area contributed by atoms with Crippen LogP contribution in [-0.4, -0.2) is 39.0 Å². The van der Waals surface area contributed by atoms with Gasteiger partial charge >= 0.3 is 5.97 Å². The summed E-state index contributed by atoms with van der Waals surface area (Å²) in [6.07, 6.45) is 6.96. The van der Waals surface area contributed by atoms with Crippen molar-refractivity contribution >= 4 is 35.1 Å². The van der Waals surface area contributed by atoms with E-state index in [1.54, 1.807) is 12.4 Å². The number of hydrogen-bond acceptors (Lipinski definition) is 6. The smallest absolute Gasteiger partial charge is 0.307 e. The molecule has 2 fully saturated rings. The molecule has 1 atom stereocenters. The number of hydrogen-bond donors (Lipinski definition) is 2. The highest BCUT2D eigenvalue weighted by atomic mass is 16.6. The molecule has 0 bridgehead atoms. The Kier molecular flexibility index (Phi) is 5.11. The van der Waals surface area contributed by atoms with Gasteiger partial charge in [-0.05, 0) is 37.8 Å². The number of carbonyl (C=O) groups is 3. The number of nitrogens with one attached hydrogen (secondary N) is 1. The van der Waals surface area contributed by atoms with Crippen LogP contribution < -0.4 is 5.32 Å². The van der Waals surface area contributed by atoms with Gasteiger partial charge < -0.3 is 15.2 Å². The van der Waals surface area contributed by atoms with Crippen molar-refractivity contribution in [2.75, 3.05) is 5.32 Å². The molecule has 3 heterocycles. The van der Waals surface area contributed by atoms with Gasteiger partial charge in [0, 0.05) is 17.8 Å². The fraction of sp³-hybridized carbons (Fsp3) is 0.389. The van der Waals surface area contributed by atoms with Gasteiger partial charge in [0.2, 0.25) is 5.91 Å². The monoisotopic (exact) mass is 357 g/mol. The third kappa shape index (κ3) is 3.35. The van der Waals surface area contributed by atoms with E-state index in [4.69, 9.17) is 14.6 Å². The van der Waals surface area contributed by atoms with E-state index in [1.165, 1.54) is 0 Å². The average Bonchev–Trinajstić information content (AvgIpc) is 3.23. The van der Waals surface area contributed by atoms with Gasteiger partial charge in [0.25, 0.3) is 6.47 Å². The molecule has 0 aromatic carbocycles. The number of pyridine rings is 2. The molecule has 0 radical (unpaired) electrons. The van der Waals surface area contributed by atoms with E-state index in [0.29, 0.717) is 11.3 Å². The number of nitrogens with zero attached hydrogens (tertiary/aromatic N) is 2. The van der Waals surface area contributed by atoms with E-state index >= 15 is 0 Å². The molecular weight excluding hydrogens is 338 g/mol. The topological polar surface area (TPSA) is 118 Å². The first kappa shape index (κ1) is 17.8. The minimum Gasteiger partial charge on any atom is -0.483 e. The maximum absolute atomic E-state index is 12.8. The molecule has 8 nitrogen and oxygen atoms in total. The largest absolute Gasteiger partial charge is 0.483 e. The van der Waals surface area contributed by atoms with Crippen LogP contribution in [0.5, 0.6) is 0 Å². The van der Waals surface area contributed by atoms with Gasteiger partial charge in [0.15, 0.2) is 5.82 Å². The molecule has 26 heavy (non-hydrogen) atoms. The summed E-state index contributed by atoms with van der Waals surface area (Å²) in [7, 11) is 0. The quantitative estimate of drug-likeness (QED) is 0.624. The van der Waals surface area contributed by atoms with E-state index in [0.717, 1.165) is 31.1 Å². The molecule has 1 aliphatic heterocycles. The summed E-state index contributed by atoms with van der Waals surface area (Å²) >= 11 is 0. The molecule has 2 aromatic heterocycles. The van der Waals surface area contributed by atoms with Crippen molar-refractivity contribution < 1.29 is 24.2 Å². The van der Waals surface area contributed by atoms with Gasteiger partial charge in [-0.3, -0.25) is 19.4 Å². The fourth-order valence-corrected chi connectivity index (χ4v) is 3.75. The van der Waals surface area contributed by atoms with Gasteiger partial charge in [-0.1, -0.05) is 6.07 Å². The normalized spacial score (nSPS) is 20.3. The van der Waals surface area contributed by atoms with Gasteiger partial charge in [-0.15, -0.1) is 0 Å². The lowest BCUT2D eigenvalue weighted by Gasteiger charge is -2.27. The summed E-state index contributed by atoms with van der Waals surface area (Å²) in [4.78, 5) is 41.4. The van der Waals surface area contributed by atoms with E-state index in [1.807, 2.05) is 18.2 Å². The van der Waals surface area contributed by atoms with Crippen LogP contribution in [0, 0.1) is 5.92 Å². The summed E-state index contributed by atoms with van der Waals surface area (Å²) in [6.45, 7) is -0.250. The first-order valence-electron chi connectivity index (χ1n) is 8.40. The second kappa shape index (κ2) is 7.47. The number of carboxylic acid groups (broad SMARTS) is 1. The third-order valence-electron chi connectivity index (χ3n) is 4.85. The standard InChI is InChI=1S/C17H17N3O3.CH2O2/c21-13-10-12(17(23-13)6-1-2-7-17)16(22)20-15-14-11(5-9-19-15)4-3-8-18-14;2-1-3/h3-5,8-9,12H,1-2,6-7,10H2,(H,19,20,22);1H,(H,2,3). The molecule has 4 rings (SSSR count). The molecular formula is C18H19N3O5. The van der Waals surface area contributed by atoms with Gasteiger partial charge in [0.1, 0.15) is 11.1 Å². The Labute approximate surface area is 149 Å². The van der Waals surface area contributed by atoms with Crippen LogP contribution in [0.3, 0.4) is 0 Å². The van der Waals surface area contributed by atoms with Gasteiger partial charge in [0.05, 0.1) is 12.3 Å². The molecule has 2 aromatic rings. The Bertz CT molecular complexity index is 827. The Hall–Kier alpha value is -3.03. The van der Waals surface area contributed by atoms with Crippen LogP contribution in [-0.2, 0) is 19.1 Å². The van der Waals surface area contributed by atoms with E-state index in [2.05, 4.69) is 15.3 Å². The highest BCUT2D eigenvalue weighted by Crippen LogP contribution is 2.45. The number of anilines is 1. The molecule has 1 amide bonds. The molecule has 2 aliphatic rings. The van der Waals surface area contributed by atoms with Crippen molar-refractivity contribution in [3.05, 3.63) is 30.6 Å². The van der Waals surface area contributed by atoms with Crippen molar-refractivity contribution in [2.24, 2.45) is 5.92 Å². The lowest BCUT2D eigenvalue weighted by atomic mass is 9.85. The number of esters is 1. The molecule has 1 aliphatic carbocycles. The van der Waals surface area contributed by atoms with Gasteiger partial charge in [-0.25, -0.2) is 4.98 Å². The maximum Gasteiger partial charge on any atom is 0.307 e. The van der Waals surface area contributed by atoms with Crippen LogP contribution in [0.15, 0.2) is 30.6 Å². The summed E-state index contributed by atoms with van der Waals surface area (Å²) < 4.78 is 5.53. The zero-order chi connectivity index (χ0) is 18.6. The number of aromatic nitrogens is 2. The van der Waals surface area contributed by atoms with Crippen LogP contribution >= 0.6 is 0 Å². The van der Waals surface area contributed by atoms with Gasteiger partial charge in [-0.2, -0.15) is 0 Å². The fourth-order valence-electron chi connectivity index (χ4n) is 3.75. The third-order valence-corrected chi connectivity index (χ3v) is 4.85. The minimum absolute atomic E-state index is 0.143. The first-order chi connectivity index (χ1) is 12.6. The number of amides is 1. The second-order valence-corrected chi connectivity index (χ2v) is 6.33. The zero-order valence-corrected chi connectivity index (χ0v) is 14.1. The summed E-state index contributed by atoms with van der Waals surface area (Å²) in [5.74, 6) is -0.502. The van der Waals surface area contributed by atoms with E-state index in [9.17, 15) is 9.59 Å². The molecule has 8 heteroatoms. The van der Waals surface area contributed by atoms with Crippen LogP contribution in [0.1, 0.15) is 32.1 Å². The Morgan fingerprint density at radius 3 is 2.73 bits per heavy atom. The number of ether oxygens (including phenoxy) is 1. The Morgan fingerprint density at radius 2 is 2.00 bits per heavy atom. The lowest BCUT2D eigenvalue weighted by Crippen LogP contribution is -2.39. The molecule has 1 saturated heterocycles. The molecule has 1 saturated carbocycles. The summed E-state index contributed by atoms with van der Waals surface area (Å²) in [6, 6.07) is 5.60. The highest BCUT2D eigenvalue weighted by molar-refractivity contribution is 6.01. The van der Waals surface area contributed by atoms with Crippen molar-refractivity contribution in [2.45, 2.75) is 37.7 Å². The van der Waals surface area contributed by atoms with Crippen molar-refractivity contribution in [3.63, 3.8) is 0 Å². The maximum atomic E-state index is 12.8. The highest BCUT2D eigenvalue weighted by Gasteiger charge is 2.54. The lowest BCUT2D eigenvalue weighted by molar-refractivity contribution is -0.149. The number of carbonyl (C=O) groups excluding carboxylic acids is 2. The minimum atomic E-state index is -0.612. The number of fused-ring (bicyclic) bond motifs is 1. The van der Waals surface area contributed by atoms with Crippen LogP contribution in [0.2, 0.25) is 0 Å². The second-order valence-electron chi connectivity index (χ2n) is 6.33. The molecule has 2 N–H and O–H groups in total.